The van der Waals surface area contributed by atoms with Gasteiger partial charge in [-0.15, -0.1) is 0 Å². The highest BCUT2D eigenvalue weighted by molar-refractivity contribution is 6.06. The number of hydrogen-bond acceptors (Lipinski definition) is 3. The van der Waals surface area contributed by atoms with Gasteiger partial charge < -0.3 is 10.1 Å². The van der Waals surface area contributed by atoms with Gasteiger partial charge in [-0.1, -0.05) is 30.9 Å². The topological polar surface area (TPSA) is 51.2 Å². The van der Waals surface area contributed by atoms with Crippen LogP contribution in [0.5, 0.6) is 5.75 Å². The van der Waals surface area contributed by atoms with Gasteiger partial charge in [0.15, 0.2) is 0 Å². The van der Waals surface area contributed by atoms with Gasteiger partial charge in [0.25, 0.3) is 5.91 Å². The Labute approximate surface area is 134 Å². The van der Waals surface area contributed by atoms with Crippen LogP contribution in [-0.2, 0) is 0 Å². The first-order chi connectivity index (χ1) is 11.3. The Hall–Kier alpha value is -3.14. The molecule has 0 spiro atoms. The number of nitrogens with zero attached hydrogens (tertiary/aromatic N) is 1. The number of carbonyl (C=O) groups excluding carboxylic acids is 1. The van der Waals surface area contributed by atoms with Gasteiger partial charge in [-0.2, -0.15) is 0 Å². The van der Waals surface area contributed by atoms with E-state index in [1.807, 2.05) is 42.5 Å². The molecule has 0 aliphatic carbocycles. The number of aromatic nitrogens is 1. The fourth-order valence-corrected chi connectivity index (χ4v) is 2.26. The normalized spacial score (nSPS) is 10.3. The summed E-state index contributed by atoms with van der Waals surface area (Å²) in [5.74, 6) is 0.425. The van der Waals surface area contributed by atoms with E-state index in [0.29, 0.717) is 23.6 Å². The molecule has 3 aromatic rings. The van der Waals surface area contributed by atoms with Gasteiger partial charge in [0.1, 0.15) is 12.4 Å². The zero-order valence-corrected chi connectivity index (χ0v) is 12.5. The van der Waals surface area contributed by atoms with E-state index in [0.717, 1.165) is 10.9 Å². The summed E-state index contributed by atoms with van der Waals surface area (Å²) < 4.78 is 5.55. The van der Waals surface area contributed by atoms with Crippen molar-refractivity contribution in [3.63, 3.8) is 0 Å². The lowest BCUT2D eigenvalue weighted by Crippen LogP contribution is -2.13. The number of amides is 1. The molecule has 23 heavy (non-hydrogen) atoms. The average Bonchev–Trinajstić information content (AvgIpc) is 2.60. The van der Waals surface area contributed by atoms with Crippen molar-refractivity contribution in [2.24, 2.45) is 0 Å². The number of fused-ring (bicyclic) bond motifs is 1. The Morgan fingerprint density at radius 3 is 2.91 bits per heavy atom. The Bertz CT molecular complexity index is 859. The number of hydrogen-bond donors (Lipinski definition) is 1. The van der Waals surface area contributed by atoms with Gasteiger partial charge in [0, 0.05) is 17.1 Å². The van der Waals surface area contributed by atoms with Crippen LogP contribution in [-0.4, -0.2) is 17.5 Å². The van der Waals surface area contributed by atoms with Crippen LogP contribution in [0.2, 0.25) is 0 Å². The molecule has 0 radical (unpaired) electrons. The third-order valence-corrected chi connectivity index (χ3v) is 3.36. The molecule has 1 aromatic heterocycles. The molecule has 1 N–H and O–H groups in total. The summed E-state index contributed by atoms with van der Waals surface area (Å²) in [7, 11) is 0. The fourth-order valence-electron chi connectivity index (χ4n) is 2.26. The summed E-state index contributed by atoms with van der Waals surface area (Å²) in [6.45, 7) is 4.01. The van der Waals surface area contributed by atoms with Crippen molar-refractivity contribution in [1.29, 1.82) is 0 Å². The number of anilines is 1. The third-order valence-electron chi connectivity index (χ3n) is 3.36. The fraction of sp³-hybridized carbons (Fsp3) is 0.0526. The van der Waals surface area contributed by atoms with Gasteiger partial charge in [-0.25, -0.2) is 0 Å². The molecule has 2 aromatic carbocycles. The van der Waals surface area contributed by atoms with Gasteiger partial charge in [0.05, 0.1) is 11.2 Å². The molecule has 0 unspecified atom stereocenters. The summed E-state index contributed by atoms with van der Waals surface area (Å²) in [6, 6.07) is 16.5. The molecule has 0 aliphatic rings. The first-order valence-corrected chi connectivity index (χ1v) is 7.27. The maximum absolute atomic E-state index is 12.5. The Kier molecular flexibility index (Phi) is 4.34. The van der Waals surface area contributed by atoms with Crippen molar-refractivity contribution in [2.75, 3.05) is 11.9 Å². The lowest BCUT2D eigenvalue weighted by Gasteiger charge is -2.11. The monoisotopic (exact) mass is 304 g/mol. The largest absolute Gasteiger partial charge is 0.487 e. The van der Waals surface area contributed by atoms with Crippen molar-refractivity contribution in [3.05, 3.63) is 79.0 Å². The van der Waals surface area contributed by atoms with Crippen molar-refractivity contribution in [2.45, 2.75) is 0 Å². The van der Waals surface area contributed by atoms with E-state index in [9.17, 15) is 4.79 Å². The van der Waals surface area contributed by atoms with Crippen molar-refractivity contribution in [3.8, 4) is 5.75 Å². The van der Waals surface area contributed by atoms with E-state index in [1.165, 1.54) is 0 Å². The average molecular weight is 304 g/mol. The highest BCUT2D eigenvalue weighted by Gasteiger charge is 2.10. The molecule has 114 valence electrons. The van der Waals surface area contributed by atoms with Crippen LogP contribution >= 0.6 is 0 Å². The minimum absolute atomic E-state index is 0.189. The second-order valence-corrected chi connectivity index (χ2v) is 4.96. The third kappa shape index (κ3) is 3.37. The standard InChI is InChI=1S/C19H16N2O2/c1-2-12-23-18-8-4-3-7-17(18)21-19(22)15-9-10-16-14(13-15)6-5-11-20-16/h2-11,13H,1,12H2,(H,21,22). The number of carbonyl (C=O) groups is 1. The van der Waals surface area contributed by atoms with Crippen LogP contribution in [0.25, 0.3) is 10.9 Å². The molecule has 1 heterocycles. The van der Waals surface area contributed by atoms with E-state index < -0.39 is 0 Å². The first-order valence-electron chi connectivity index (χ1n) is 7.27. The number of ether oxygens (including phenoxy) is 1. The van der Waals surface area contributed by atoms with Gasteiger partial charge in [0.2, 0.25) is 0 Å². The molecular formula is C19H16N2O2. The number of rotatable bonds is 5. The van der Waals surface area contributed by atoms with Crippen LogP contribution < -0.4 is 10.1 Å². The highest BCUT2D eigenvalue weighted by Crippen LogP contribution is 2.24. The van der Waals surface area contributed by atoms with Crippen molar-refractivity contribution >= 4 is 22.5 Å². The molecule has 3 rings (SSSR count). The SMILES string of the molecule is C=CCOc1ccccc1NC(=O)c1ccc2ncccc2c1. The summed E-state index contributed by atoms with van der Waals surface area (Å²) >= 11 is 0. The second-order valence-electron chi connectivity index (χ2n) is 4.96. The van der Waals surface area contributed by atoms with Crippen molar-refractivity contribution in [1.82, 2.24) is 4.98 Å². The summed E-state index contributed by atoms with van der Waals surface area (Å²) in [5.41, 5.74) is 2.06. The number of benzene rings is 2. The smallest absolute Gasteiger partial charge is 0.255 e. The molecule has 0 saturated heterocycles. The van der Waals surface area contributed by atoms with Crippen molar-refractivity contribution < 1.29 is 9.53 Å². The van der Waals surface area contributed by atoms with Crippen LogP contribution in [0.3, 0.4) is 0 Å². The number of para-hydroxylation sites is 2. The molecule has 0 atom stereocenters. The molecule has 0 saturated carbocycles. The van der Waals surface area contributed by atoms with Crippen LogP contribution in [0, 0.1) is 0 Å². The second kappa shape index (κ2) is 6.75. The van der Waals surface area contributed by atoms with E-state index in [1.54, 1.807) is 24.4 Å². The van der Waals surface area contributed by atoms with Gasteiger partial charge >= 0.3 is 0 Å². The zero-order chi connectivity index (χ0) is 16.1. The summed E-state index contributed by atoms with van der Waals surface area (Å²) in [4.78, 5) is 16.7. The maximum Gasteiger partial charge on any atom is 0.255 e. The minimum atomic E-state index is -0.189. The predicted molar refractivity (Wildman–Crippen MR) is 91.8 cm³/mol. The lowest BCUT2D eigenvalue weighted by molar-refractivity contribution is 0.102. The maximum atomic E-state index is 12.5. The van der Waals surface area contributed by atoms with Crippen LogP contribution in [0.1, 0.15) is 10.4 Å². The molecule has 0 fully saturated rings. The van der Waals surface area contributed by atoms with Gasteiger partial charge in [-0.05, 0) is 36.4 Å². The predicted octanol–water partition coefficient (Wildman–Crippen LogP) is 4.05. The molecule has 1 amide bonds. The quantitative estimate of drug-likeness (QED) is 0.723. The molecule has 0 aliphatic heterocycles. The molecule has 4 nitrogen and oxygen atoms in total. The Morgan fingerprint density at radius 1 is 1.17 bits per heavy atom. The van der Waals surface area contributed by atoms with E-state index in [2.05, 4.69) is 16.9 Å². The summed E-state index contributed by atoms with van der Waals surface area (Å²) in [5, 5.41) is 3.81. The molecular weight excluding hydrogens is 288 g/mol. The zero-order valence-electron chi connectivity index (χ0n) is 12.5. The Balaban J connectivity index is 1.84. The summed E-state index contributed by atoms with van der Waals surface area (Å²) in [6.07, 6.45) is 3.39. The lowest BCUT2D eigenvalue weighted by atomic mass is 10.1. The molecule has 0 bridgehead atoms. The number of pyridine rings is 1. The minimum Gasteiger partial charge on any atom is -0.487 e. The first kappa shape index (κ1) is 14.8. The highest BCUT2D eigenvalue weighted by atomic mass is 16.5. The van der Waals surface area contributed by atoms with Crippen LogP contribution in [0.4, 0.5) is 5.69 Å². The van der Waals surface area contributed by atoms with E-state index in [4.69, 9.17) is 4.74 Å². The van der Waals surface area contributed by atoms with E-state index in [-0.39, 0.29) is 5.91 Å². The molecule has 4 heteroatoms. The Morgan fingerprint density at radius 2 is 2.04 bits per heavy atom. The van der Waals surface area contributed by atoms with Gasteiger partial charge in [-0.3, -0.25) is 9.78 Å². The number of nitrogens with one attached hydrogen (secondary N) is 1. The van der Waals surface area contributed by atoms with Crippen LogP contribution in [0.15, 0.2) is 73.4 Å². The van der Waals surface area contributed by atoms with E-state index >= 15 is 0 Å².